The Bertz CT molecular complexity index is 934. The van der Waals surface area contributed by atoms with E-state index in [9.17, 15) is 4.79 Å². The predicted octanol–water partition coefficient (Wildman–Crippen LogP) is 2.76. The minimum Gasteiger partial charge on any atom is -0.458 e. The highest BCUT2D eigenvalue weighted by atomic mass is 35.5. The molecule has 3 aromatic rings. The topological polar surface area (TPSA) is 81.1 Å². The first-order chi connectivity index (χ1) is 12.7. The third-order valence-corrected chi connectivity index (χ3v) is 4.40. The Morgan fingerprint density at radius 1 is 1.12 bits per heavy atom. The first-order valence-corrected chi connectivity index (χ1v) is 8.72. The molecule has 3 heterocycles. The van der Waals surface area contributed by atoms with E-state index in [0.29, 0.717) is 29.3 Å². The van der Waals surface area contributed by atoms with Crippen molar-refractivity contribution < 1.29 is 9.53 Å². The summed E-state index contributed by atoms with van der Waals surface area (Å²) in [5.41, 5.74) is 1.81. The zero-order valence-electron chi connectivity index (χ0n) is 13.9. The summed E-state index contributed by atoms with van der Waals surface area (Å²) in [6.45, 7) is 1.12. The average Bonchev–Trinajstić information content (AvgIpc) is 2.69. The second-order valence-electron chi connectivity index (χ2n) is 6.06. The van der Waals surface area contributed by atoms with Crippen molar-refractivity contribution in [1.29, 1.82) is 0 Å². The highest BCUT2D eigenvalue weighted by molar-refractivity contribution is 6.30. The summed E-state index contributed by atoms with van der Waals surface area (Å²) in [6.07, 6.45) is 6.00. The van der Waals surface area contributed by atoms with Gasteiger partial charge in [0.25, 0.3) is 5.91 Å². The van der Waals surface area contributed by atoms with E-state index >= 15 is 0 Å². The fraction of sp³-hybridized carbons (Fsp3) is 0.278. The summed E-state index contributed by atoms with van der Waals surface area (Å²) >= 11 is 5.78. The standard InChI is InChI=1S/C18H16ClN5O2/c19-12-8-21-18(22-9-12)26-13-4-3-7-24(11-13)17(25)16-10-20-14-5-1-2-6-15(14)23-16/h1-2,5-6,8-10,13H,3-4,7,11H2/t13-/m1/s1. The van der Waals surface area contributed by atoms with Gasteiger partial charge in [-0.25, -0.2) is 15.0 Å². The van der Waals surface area contributed by atoms with Crippen molar-refractivity contribution in [3.8, 4) is 6.01 Å². The van der Waals surface area contributed by atoms with Crippen LogP contribution >= 0.6 is 11.6 Å². The second kappa shape index (κ2) is 7.21. The molecule has 1 aliphatic heterocycles. The van der Waals surface area contributed by atoms with Gasteiger partial charge in [0.1, 0.15) is 11.8 Å². The summed E-state index contributed by atoms with van der Waals surface area (Å²) in [5, 5.41) is 0.452. The number of hydrogen-bond donors (Lipinski definition) is 0. The van der Waals surface area contributed by atoms with E-state index in [1.807, 2.05) is 24.3 Å². The summed E-state index contributed by atoms with van der Waals surface area (Å²) in [4.78, 5) is 31.4. The van der Waals surface area contributed by atoms with Gasteiger partial charge < -0.3 is 9.64 Å². The van der Waals surface area contributed by atoms with Crippen molar-refractivity contribution >= 4 is 28.5 Å². The predicted molar refractivity (Wildman–Crippen MR) is 96.1 cm³/mol. The maximum atomic E-state index is 12.8. The maximum Gasteiger partial charge on any atom is 0.316 e. The number of nitrogens with zero attached hydrogens (tertiary/aromatic N) is 5. The number of ether oxygens (including phenoxy) is 1. The van der Waals surface area contributed by atoms with Gasteiger partial charge in [-0.05, 0) is 25.0 Å². The fourth-order valence-electron chi connectivity index (χ4n) is 2.95. The molecule has 0 N–H and O–H groups in total. The molecule has 0 spiro atoms. The Balaban J connectivity index is 1.47. The van der Waals surface area contributed by atoms with Gasteiger partial charge in [0.2, 0.25) is 0 Å². The van der Waals surface area contributed by atoms with Crippen molar-refractivity contribution in [1.82, 2.24) is 24.8 Å². The minimum atomic E-state index is -0.165. The lowest BCUT2D eigenvalue weighted by Crippen LogP contribution is -2.44. The van der Waals surface area contributed by atoms with E-state index in [0.717, 1.165) is 18.4 Å². The van der Waals surface area contributed by atoms with Crippen LogP contribution in [-0.4, -0.2) is 49.9 Å². The first kappa shape index (κ1) is 16.7. The van der Waals surface area contributed by atoms with Crippen LogP contribution in [0.25, 0.3) is 11.0 Å². The van der Waals surface area contributed by atoms with Crippen LogP contribution in [0.2, 0.25) is 5.02 Å². The summed E-state index contributed by atoms with van der Waals surface area (Å²) in [6, 6.07) is 7.75. The molecule has 26 heavy (non-hydrogen) atoms. The molecule has 1 aromatic carbocycles. The summed E-state index contributed by atoms with van der Waals surface area (Å²) < 4.78 is 5.79. The van der Waals surface area contributed by atoms with Crippen LogP contribution in [0.3, 0.4) is 0 Å². The number of carbonyl (C=O) groups is 1. The van der Waals surface area contributed by atoms with Gasteiger partial charge in [-0.1, -0.05) is 23.7 Å². The van der Waals surface area contributed by atoms with Gasteiger partial charge in [0.15, 0.2) is 0 Å². The normalized spacial score (nSPS) is 17.3. The van der Waals surface area contributed by atoms with Gasteiger partial charge in [0.05, 0.1) is 41.2 Å². The molecule has 1 saturated heterocycles. The van der Waals surface area contributed by atoms with Gasteiger partial charge in [0, 0.05) is 6.54 Å². The Labute approximate surface area is 155 Å². The lowest BCUT2D eigenvalue weighted by Gasteiger charge is -2.32. The highest BCUT2D eigenvalue weighted by Gasteiger charge is 2.27. The summed E-state index contributed by atoms with van der Waals surface area (Å²) in [7, 11) is 0. The van der Waals surface area contributed by atoms with E-state index in [1.54, 1.807) is 4.90 Å². The number of hydrogen-bond acceptors (Lipinski definition) is 6. The van der Waals surface area contributed by atoms with E-state index < -0.39 is 0 Å². The molecule has 2 aromatic heterocycles. The number of para-hydroxylation sites is 2. The molecular weight excluding hydrogens is 354 g/mol. The molecule has 132 valence electrons. The third-order valence-electron chi connectivity index (χ3n) is 4.20. The second-order valence-corrected chi connectivity index (χ2v) is 6.50. The largest absolute Gasteiger partial charge is 0.458 e. The molecule has 1 atom stereocenters. The van der Waals surface area contributed by atoms with Crippen molar-refractivity contribution in [2.75, 3.05) is 13.1 Å². The van der Waals surface area contributed by atoms with Crippen molar-refractivity contribution in [3.63, 3.8) is 0 Å². The zero-order chi connectivity index (χ0) is 17.9. The SMILES string of the molecule is O=C(c1cnc2ccccc2n1)N1CCC[C@@H](Oc2ncc(Cl)cn2)C1. The van der Waals surface area contributed by atoms with Crippen LogP contribution in [0, 0.1) is 0 Å². The molecule has 4 rings (SSSR count). The molecule has 0 radical (unpaired) electrons. The molecule has 1 fully saturated rings. The van der Waals surface area contributed by atoms with Crippen LogP contribution in [0.4, 0.5) is 0 Å². The number of benzene rings is 1. The number of piperidine rings is 1. The number of aromatic nitrogens is 4. The Kier molecular flexibility index (Phi) is 4.62. The van der Waals surface area contributed by atoms with Crippen LogP contribution in [-0.2, 0) is 0 Å². The maximum absolute atomic E-state index is 12.8. The van der Waals surface area contributed by atoms with Crippen LogP contribution in [0.1, 0.15) is 23.3 Å². The number of rotatable bonds is 3. The van der Waals surface area contributed by atoms with Crippen LogP contribution < -0.4 is 4.74 Å². The van der Waals surface area contributed by atoms with E-state index in [2.05, 4.69) is 19.9 Å². The van der Waals surface area contributed by atoms with E-state index in [-0.39, 0.29) is 18.0 Å². The van der Waals surface area contributed by atoms with Crippen molar-refractivity contribution in [2.45, 2.75) is 18.9 Å². The molecular formula is C18H16ClN5O2. The Morgan fingerprint density at radius 3 is 2.69 bits per heavy atom. The Hall–Kier alpha value is -2.80. The summed E-state index contributed by atoms with van der Waals surface area (Å²) in [5.74, 6) is -0.145. The number of amides is 1. The number of carbonyl (C=O) groups excluding carboxylic acids is 1. The molecule has 0 saturated carbocycles. The molecule has 0 bridgehead atoms. The van der Waals surface area contributed by atoms with Gasteiger partial charge in [-0.3, -0.25) is 9.78 Å². The molecule has 8 heteroatoms. The fourth-order valence-corrected chi connectivity index (χ4v) is 3.05. The molecule has 7 nitrogen and oxygen atoms in total. The minimum absolute atomic E-state index is 0.145. The van der Waals surface area contributed by atoms with Gasteiger partial charge >= 0.3 is 6.01 Å². The molecule has 1 amide bonds. The lowest BCUT2D eigenvalue weighted by molar-refractivity contribution is 0.0511. The number of fused-ring (bicyclic) bond motifs is 1. The third kappa shape index (κ3) is 3.57. The zero-order valence-corrected chi connectivity index (χ0v) is 14.6. The van der Waals surface area contributed by atoms with Gasteiger partial charge in [-0.15, -0.1) is 0 Å². The molecule has 1 aliphatic rings. The lowest BCUT2D eigenvalue weighted by atomic mass is 10.1. The van der Waals surface area contributed by atoms with Crippen molar-refractivity contribution in [3.05, 3.63) is 53.6 Å². The Morgan fingerprint density at radius 2 is 1.88 bits per heavy atom. The van der Waals surface area contributed by atoms with Crippen LogP contribution in [0.5, 0.6) is 6.01 Å². The van der Waals surface area contributed by atoms with E-state index in [4.69, 9.17) is 16.3 Å². The molecule has 0 aliphatic carbocycles. The monoisotopic (exact) mass is 369 g/mol. The highest BCUT2D eigenvalue weighted by Crippen LogP contribution is 2.18. The van der Waals surface area contributed by atoms with Crippen LogP contribution in [0.15, 0.2) is 42.9 Å². The number of halogens is 1. The van der Waals surface area contributed by atoms with Crippen molar-refractivity contribution in [2.24, 2.45) is 0 Å². The smallest absolute Gasteiger partial charge is 0.316 e. The van der Waals surface area contributed by atoms with Gasteiger partial charge in [-0.2, -0.15) is 0 Å². The number of likely N-dealkylation sites (tertiary alicyclic amines) is 1. The van der Waals surface area contributed by atoms with E-state index in [1.165, 1.54) is 18.6 Å². The first-order valence-electron chi connectivity index (χ1n) is 8.34. The quantitative estimate of drug-likeness (QED) is 0.706. The molecule has 0 unspecified atom stereocenters. The average molecular weight is 370 g/mol.